The fourth-order valence-corrected chi connectivity index (χ4v) is 5.35. The van der Waals surface area contributed by atoms with Gasteiger partial charge in [-0.2, -0.15) is 0 Å². The number of hydrogen-bond acceptors (Lipinski definition) is 6. The van der Waals surface area contributed by atoms with Gasteiger partial charge in [-0.05, 0) is 48.1 Å². The molecule has 0 radical (unpaired) electrons. The Bertz CT molecular complexity index is 1370. The Labute approximate surface area is 195 Å². The van der Waals surface area contributed by atoms with Gasteiger partial charge in [0.15, 0.2) is 0 Å². The third-order valence-electron chi connectivity index (χ3n) is 5.70. The lowest BCUT2D eigenvalue weighted by Crippen LogP contribution is -2.41. The summed E-state index contributed by atoms with van der Waals surface area (Å²) >= 11 is 0. The van der Waals surface area contributed by atoms with E-state index in [9.17, 15) is 33.0 Å². The Morgan fingerprint density at radius 1 is 0.941 bits per heavy atom. The van der Waals surface area contributed by atoms with Gasteiger partial charge in [0.1, 0.15) is 0 Å². The Morgan fingerprint density at radius 2 is 1.59 bits per heavy atom. The van der Waals surface area contributed by atoms with E-state index >= 15 is 0 Å². The standard InChI is InChI=1S/C24H22N2O7S/c27-14-15-9-10-17(24(30)31)20(13-15)34(32,33)25-11-1-2-12-26-22(28)18-7-3-5-16-6-4-8-19(21(16)18)23(26)29/h3-10,13,25,27H,1-2,11-12,14H2,(H,30,31). The van der Waals surface area contributed by atoms with Gasteiger partial charge in [0.2, 0.25) is 10.0 Å². The number of rotatable bonds is 9. The lowest BCUT2D eigenvalue weighted by Gasteiger charge is -2.27. The number of amides is 2. The molecular formula is C24H22N2O7S. The zero-order chi connectivity index (χ0) is 24.5. The average Bonchev–Trinajstić information content (AvgIpc) is 2.83. The van der Waals surface area contributed by atoms with Gasteiger partial charge in [0.25, 0.3) is 11.8 Å². The average molecular weight is 483 g/mol. The molecule has 0 saturated carbocycles. The monoisotopic (exact) mass is 482 g/mol. The zero-order valence-electron chi connectivity index (χ0n) is 18.0. The Kier molecular flexibility index (Phi) is 6.47. The summed E-state index contributed by atoms with van der Waals surface area (Å²) < 4.78 is 27.7. The lowest BCUT2D eigenvalue weighted by molar-refractivity contribution is 0.0606. The second-order valence-corrected chi connectivity index (χ2v) is 9.61. The Morgan fingerprint density at radius 3 is 2.18 bits per heavy atom. The summed E-state index contributed by atoms with van der Waals surface area (Å²) in [5, 5.41) is 20.0. The summed E-state index contributed by atoms with van der Waals surface area (Å²) in [6, 6.07) is 14.2. The van der Waals surface area contributed by atoms with Crippen LogP contribution < -0.4 is 4.72 Å². The van der Waals surface area contributed by atoms with Crippen molar-refractivity contribution in [3.8, 4) is 0 Å². The van der Waals surface area contributed by atoms with Crippen LogP contribution in [0.15, 0.2) is 59.5 Å². The van der Waals surface area contributed by atoms with Crippen molar-refractivity contribution < 1.29 is 33.0 Å². The molecule has 3 aromatic rings. The van der Waals surface area contributed by atoms with Crippen LogP contribution in [0, 0.1) is 0 Å². The molecule has 2 amide bonds. The summed E-state index contributed by atoms with van der Waals surface area (Å²) in [6.45, 7) is -0.339. The number of benzene rings is 3. The van der Waals surface area contributed by atoms with Gasteiger partial charge in [-0.25, -0.2) is 17.9 Å². The minimum absolute atomic E-state index is 0.0207. The predicted octanol–water partition coefficient (Wildman–Crippen LogP) is 2.38. The number of aliphatic hydroxyl groups excluding tert-OH is 1. The van der Waals surface area contributed by atoms with E-state index in [2.05, 4.69) is 4.72 Å². The van der Waals surface area contributed by atoms with Crippen molar-refractivity contribution in [1.29, 1.82) is 0 Å². The predicted molar refractivity (Wildman–Crippen MR) is 123 cm³/mol. The third kappa shape index (κ3) is 4.30. The van der Waals surface area contributed by atoms with Gasteiger partial charge >= 0.3 is 5.97 Å². The van der Waals surface area contributed by atoms with E-state index in [1.165, 1.54) is 11.0 Å². The van der Waals surface area contributed by atoms with E-state index in [4.69, 9.17) is 0 Å². The van der Waals surface area contributed by atoms with Crippen molar-refractivity contribution in [3.63, 3.8) is 0 Å². The smallest absolute Gasteiger partial charge is 0.337 e. The largest absolute Gasteiger partial charge is 0.478 e. The molecule has 4 rings (SSSR count). The fraction of sp³-hybridized carbons (Fsp3) is 0.208. The minimum atomic E-state index is -4.15. The normalized spacial score (nSPS) is 13.5. The molecule has 0 saturated heterocycles. The number of carboxylic acid groups (broad SMARTS) is 1. The van der Waals surface area contributed by atoms with Crippen molar-refractivity contribution in [2.75, 3.05) is 13.1 Å². The van der Waals surface area contributed by atoms with E-state index in [1.807, 2.05) is 12.1 Å². The van der Waals surface area contributed by atoms with Gasteiger partial charge in [-0.1, -0.05) is 30.3 Å². The molecule has 0 aliphatic carbocycles. The molecule has 0 spiro atoms. The van der Waals surface area contributed by atoms with Crippen molar-refractivity contribution in [2.45, 2.75) is 24.3 Å². The second kappa shape index (κ2) is 9.34. The zero-order valence-corrected chi connectivity index (χ0v) is 18.8. The lowest BCUT2D eigenvalue weighted by atomic mass is 9.94. The molecule has 0 fully saturated rings. The first-order chi connectivity index (χ1) is 16.2. The molecule has 176 valence electrons. The highest BCUT2D eigenvalue weighted by Gasteiger charge is 2.32. The minimum Gasteiger partial charge on any atom is -0.478 e. The molecule has 1 heterocycles. The maximum absolute atomic E-state index is 12.9. The van der Waals surface area contributed by atoms with E-state index < -0.39 is 33.1 Å². The van der Waals surface area contributed by atoms with Crippen LogP contribution in [0.25, 0.3) is 10.8 Å². The SMILES string of the molecule is O=C(O)c1ccc(CO)cc1S(=O)(=O)NCCCCN1C(=O)c2cccc3cccc(c23)C1=O. The number of nitrogens with zero attached hydrogens (tertiary/aromatic N) is 1. The summed E-state index contributed by atoms with van der Waals surface area (Å²) in [4.78, 5) is 37.9. The van der Waals surface area contributed by atoms with Crippen molar-refractivity contribution in [1.82, 2.24) is 9.62 Å². The van der Waals surface area contributed by atoms with Gasteiger partial charge in [-0.3, -0.25) is 14.5 Å². The number of aromatic carboxylic acids is 1. The third-order valence-corrected chi connectivity index (χ3v) is 7.21. The van der Waals surface area contributed by atoms with Crippen molar-refractivity contribution in [3.05, 3.63) is 76.9 Å². The van der Waals surface area contributed by atoms with Crippen LogP contribution in [0.5, 0.6) is 0 Å². The van der Waals surface area contributed by atoms with E-state index in [-0.39, 0.29) is 30.5 Å². The van der Waals surface area contributed by atoms with Gasteiger partial charge < -0.3 is 10.2 Å². The number of nitrogens with one attached hydrogen (secondary N) is 1. The van der Waals surface area contributed by atoms with E-state index in [0.29, 0.717) is 29.4 Å². The molecule has 0 atom stereocenters. The number of unbranched alkanes of at least 4 members (excludes halogenated alkanes) is 1. The van der Waals surface area contributed by atoms with Crippen LogP contribution in [-0.4, -0.2) is 54.4 Å². The van der Waals surface area contributed by atoms with Crippen molar-refractivity contribution in [2.24, 2.45) is 0 Å². The molecule has 1 aliphatic rings. The van der Waals surface area contributed by atoms with E-state index in [1.54, 1.807) is 24.3 Å². The molecule has 0 aromatic heterocycles. The number of carbonyl (C=O) groups excluding carboxylic acids is 2. The number of imide groups is 1. The number of hydrogen-bond donors (Lipinski definition) is 3. The highest BCUT2D eigenvalue weighted by Crippen LogP contribution is 2.30. The molecule has 3 aromatic carbocycles. The summed E-state index contributed by atoms with van der Waals surface area (Å²) in [7, 11) is -4.15. The van der Waals surface area contributed by atoms with Gasteiger partial charge in [-0.15, -0.1) is 0 Å². The van der Waals surface area contributed by atoms with Gasteiger partial charge in [0.05, 0.1) is 17.1 Å². The van der Waals surface area contributed by atoms with Crippen LogP contribution in [0.2, 0.25) is 0 Å². The first-order valence-corrected chi connectivity index (χ1v) is 12.1. The maximum Gasteiger partial charge on any atom is 0.337 e. The molecule has 0 bridgehead atoms. The molecule has 10 heteroatoms. The summed E-state index contributed by atoms with van der Waals surface area (Å²) in [5.41, 5.74) is 0.779. The number of carboxylic acids is 1. The van der Waals surface area contributed by atoms with Crippen molar-refractivity contribution >= 4 is 38.6 Å². The highest BCUT2D eigenvalue weighted by molar-refractivity contribution is 7.89. The summed E-state index contributed by atoms with van der Waals surface area (Å²) in [6.07, 6.45) is 0.658. The topological polar surface area (TPSA) is 141 Å². The quantitative estimate of drug-likeness (QED) is 0.314. The first kappa shape index (κ1) is 23.6. The second-order valence-electron chi connectivity index (χ2n) is 7.87. The molecule has 34 heavy (non-hydrogen) atoms. The van der Waals surface area contributed by atoms with Crippen LogP contribution in [0.4, 0.5) is 0 Å². The van der Waals surface area contributed by atoms with Gasteiger partial charge in [0, 0.05) is 29.6 Å². The number of sulfonamides is 1. The van der Waals surface area contributed by atoms with Crippen LogP contribution in [0.1, 0.15) is 49.5 Å². The molecule has 1 aliphatic heterocycles. The maximum atomic E-state index is 12.9. The van der Waals surface area contributed by atoms with Crippen LogP contribution in [0.3, 0.4) is 0 Å². The Balaban J connectivity index is 1.40. The number of aliphatic hydroxyl groups is 1. The molecular weight excluding hydrogens is 460 g/mol. The molecule has 3 N–H and O–H groups in total. The summed E-state index contributed by atoms with van der Waals surface area (Å²) in [5.74, 6) is -2.18. The Hall–Kier alpha value is -3.60. The fourth-order valence-electron chi connectivity index (χ4n) is 4.03. The van der Waals surface area contributed by atoms with Crippen LogP contribution >= 0.6 is 0 Å². The molecule has 0 unspecified atom stereocenters. The molecule has 9 nitrogen and oxygen atoms in total. The highest BCUT2D eigenvalue weighted by atomic mass is 32.2. The first-order valence-electron chi connectivity index (χ1n) is 10.6. The van der Waals surface area contributed by atoms with E-state index in [0.717, 1.165) is 17.5 Å². The van der Waals surface area contributed by atoms with Crippen LogP contribution in [-0.2, 0) is 16.6 Å². The number of carbonyl (C=O) groups is 3.